The second kappa shape index (κ2) is 5.19. The summed E-state index contributed by atoms with van der Waals surface area (Å²) in [6.07, 6.45) is 3.47. The van der Waals surface area contributed by atoms with Gasteiger partial charge in [-0.25, -0.2) is 0 Å². The van der Waals surface area contributed by atoms with Gasteiger partial charge in [-0.05, 0) is 12.8 Å². The van der Waals surface area contributed by atoms with Gasteiger partial charge in [0.15, 0.2) is 0 Å². The van der Waals surface area contributed by atoms with Crippen LogP contribution in [0.15, 0.2) is 24.3 Å². The lowest BCUT2D eigenvalue weighted by molar-refractivity contribution is -0.151. The average molecular weight is 272 g/mol. The van der Waals surface area contributed by atoms with E-state index in [9.17, 15) is 14.4 Å². The molecule has 0 aliphatic heterocycles. The van der Waals surface area contributed by atoms with Gasteiger partial charge in [-0.2, -0.15) is 0 Å². The molecular formula is C16H16O4. The van der Waals surface area contributed by atoms with Crippen LogP contribution >= 0.6 is 0 Å². The van der Waals surface area contributed by atoms with E-state index in [0.717, 1.165) is 32.1 Å². The minimum Gasteiger partial charge on any atom is -0.445 e. The number of carbonyl (C=O) groups excluding carboxylic acids is 3. The average Bonchev–Trinajstić information content (AvgIpc) is 2.74. The molecule has 2 aliphatic carbocycles. The third-order valence-electron chi connectivity index (χ3n) is 4.11. The number of hydrogen-bond acceptors (Lipinski definition) is 4. The van der Waals surface area contributed by atoms with Crippen LogP contribution in [0, 0.1) is 5.92 Å². The molecule has 1 saturated carbocycles. The van der Waals surface area contributed by atoms with Crippen molar-refractivity contribution in [2.24, 2.45) is 5.92 Å². The van der Waals surface area contributed by atoms with E-state index in [2.05, 4.69) is 0 Å². The predicted octanol–water partition coefficient (Wildman–Crippen LogP) is 2.56. The molecule has 0 amide bonds. The maximum atomic E-state index is 12.1. The lowest BCUT2D eigenvalue weighted by Crippen LogP contribution is -2.32. The molecule has 4 nitrogen and oxygen atoms in total. The van der Waals surface area contributed by atoms with Crippen LogP contribution in [0.25, 0.3) is 0 Å². The van der Waals surface area contributed by atoms with Gasteiger partial charge in [0.1, 0.15) is 0 Å². The number of fused-ring (bicyclic) bond motifs is 1. The van der Waals surface area contributed by atoms with Crippen molar-refractivity contribution in [3.8, 4) is 0 Å². The van der Waals surface area contributed by atoms with Crippen LogP contribution in [-0.4, -0.2) is 23.6 Å². The maximum Gasteiger partial charge on any atom is 0.310 e. The van der Waals surface area contributed by atoms with E-state index in [0.29, 0.717) is 11.1 Å². The first-order valence-electron chi connectivity index (χ1n) is 7.06. The van der Waals surface area contributed by atoms with E-state index in [1.54, 1.807) is 24.3 Å². The highest BCUT2D eigenvalue weighted by atomic mass is 16.6. The number of benzene rings is 1. The largest absolute Gasteiger partial charge is 0.445 e. The molecule has 3 rings (SSSR count). The van der Waals surface area contributed by atoms with Gasteiger partial charge in [0.05, 0.1) is 5.92 Å². The number of ether oxygens (including phenoxy) is 1. The second-order valence-electron chi connectivity index (χ2n) is 5.43. The fraction of sp³-hybridized carbons (Fsp3) is 0.438. The van der Waals surface area contributed by atoms with E-state index in [4.69, 9.17) is 4.74 Å². The van der Waals surface area contributed by atoms with Gasteiger partial charge in [0.25, 0.3) is 0 Å². The van der Waals surface area contributed by atoms with Crippen LogP contribution < -0.4 is 0 Å². The maximum absolute atomic E-state index is 12.1. The van der Waals surface area contributed by atoms with E-state index in [1.807, 2.05) is 0 Å². The Labute approximate surface area is 117 Å². The van der Waals surface area contributed by atoms with E-state index in [-0.39, 0.29) is 5.92 Å². The highest BCUT2D eigenvalue weighted by Crippen LogP contribution is 2.28. The topological polar surface area (TPSA) is 60.4 Å². The van der Waals surface area contributed by atoms with Gasteiger partial charge < -0.3 is 4.74 Å². The van der Waals surface area contributed by atoms with Gasteiger partial charge in [0, 0.05) is 11.1 Å². The van der Waals surface area contributed by atoms with Crippen molar-refractivity contribution in [2.75, 3.05) is 0 Å². The summed E-state index contributed by atoms with van der Waals surface area (Å²) < 4.78 is 5.22. The van der Waals surface area contributed by atoms with E-state index in [1.165, 1.54) is 0 Å². The number of rotatable bonds is 2. The Morgan fingerprint density at radius 3 is 2.05 bits per heavy atom. The van der Waals surface area contributed by atoms with E-state index >= 15 is 0 Å². The molecule has 1 aromatic rings. The number of Topliss-reactive ketones (excluding diaryl/α,β-unsaturated/α-hetero) is 2. The minimum absolute atomic E-state index is 0.159. The van der Waals surface area contributed by atoms with Crippen molar-refractivity contribution in [3.05, 3.63) is 35.4 Å². The van der Waals surface area contributed by atoms with Crippen molar-refractivity contribution in [3.63, 3.8) is 0 Å². The third-order valence-corrected chi connectivity index (χ3v) is 4.11. The quantitative estimate of drug-likeness (QED) is 0.613. The molecule has 20 heavy (non-hydrogen) atoms. The smallest absolute Gasteiger partial charge is 0.310 e. The molecule has 0 radical (unpaired) electrons. The Balaban J connectivity index is 1.74. The monoisotopic (exact) mass is 272 g/mol. The Morgan fingerprint density at radius 2 is 1.50 bits per heavy atom. The molecule has 0 aromatic heterocycles. The van der Waals surface area contributed by atoms with Crippen molar-refractivity contribution in [2.45, 2.75) is 38.2 Å². The molecule has 0 heterocycles. The molecule has 2 aliphatic rings. The Bertz CT molecular complexity index is 535. The minimum atomic E-state index is -1.26. The number of ketones is 2. The second-order valence-corrected chi connectivity index (χ2v) is 5.43. The standard InChI is InChI=1S/C16H16O4/c17-13-11-8-4-5-9-12(11)14(18)15(13)20-16(19)10-6-2-1-3-7-10/h4-5,8-10,15H,1-3,6-7H2. The fourth-order valence-electron chi connectivity index (χ4n) is 2.97. The summed E-state index contributed by atoms with van der Waals surface area (Å²) in [5.74, 6) is -1.35. The highest BCUT2D eigenvalue weighted by molar-refractivity contribution is 6.29. The van der Waals surface area contributed by atoms with Crippen LogP contribution in [-0.2, 0) is 9.53 Å². The third kappa shape index (κ3) is 2.15. The summed E-state index contributed by atoms with van der Waals surface area (Å²) in [5, 5.41) is 0. The summed E-state index contributed by atoms with van der Waals surface area (Å²) in [6, 6.07) is 6.61. The number of hydrogen-bond donors (Lipinski definition) is 0. The van der Waals surface area contributed by atoms with Crippen molar-refractivity contribution in [1.82, 2.24) is 0 Å². The molecule has 1 aromatic carbocycles. The van der Waals surface area contributed by atoms with Crippen LogP contribution in [0.1, 0.15) is 52.8 Å². The Kier molecular flexibility index (Phi) is 3.38. The van der Waals surface area contributed by atoms with Gasteiger partial charge in [-0.3, -0.25) is 14.4 Å². The zero-order chi connectivity index (χ0) is 14.1. The molecule has 0 saturated heterocycles. The molecular weight excluding hydrogens is 256 g/mol. The van der Waals surface area contributed by atoms with Crippen LogP contribution in [0.4, 0.5) is 0 Å². The highest BCUT2D eigenvalue weighted by Gasteiger charge is 2.42. The summed E-state index contributed by atoms with van der Waals surface area (Å²) in [5.41, 5.74) is 0.720. The Morgan fingerprint density at radius 1 is 0.950 bits per heavy atom. The summed E-state index contributed by atoms with van der Waals surface area (Å²) in [6.45, 7) is 0. The first-order valence-corrected chi connectivity index (χ1v) is 7.06. The lowest BCUT2D eigenvalue weighted by atomic mass is 9.89. The molecule has 0 N–H and O–H groups in total. The molecule has 0 unspecified atom stereocenters. The molecule has 1 fully saturated rings. The molecule has 104 valence electrons. The zero-order valence-corrected chi connectivity index (χ0v) is 11.1. The summed E-state index contributed by atoms with van der Waals surface area (Å²) in [4.78, 5) is 36.3. The van der Waals surface area contributed by atoms with Crippen LogP contribution in [0.5, 0.6) is 0 Å². The van der Waals surface area contributed by atoms with Crippen molar-refractivity contribution < 1.29 is 19.1 Å². The van der Waals surface area contributed by atoms with E-state index < -0.39 is 23.6 Å². The molecule has 0 atom stereocenters. The zero-order valence-electron chi connectivity index (χ0n) is 11.1. The molecule has 4 heteroatoms. The van der Waals surface area contributed by atoms with Crippen LogP contribution in [0.2, 0.25) is 0 Å². The summed E-state index contributed by atoms with van der Waals surface area (Å²) in [7, 11) is 0. The van der Waals surface area contributed by atoms with Crippen molar-refractivity contribution in [1.29, 1.82) is 0 Å². The molecule has 0 bridgehead atoms. The van der Waals surface area contributed by atoms with Crippen LogP contribution in [0.3, 0.4) is 0 Å². The summed E-state index contributed by atoms with van der Waals surface area (Å²) >= 11 is 0. The fourth-order valence-corrected chi connectivity index (χ4v) is 2.97. The molecule has 0 spiro atoms. The van der Waals surface area contributed by atoms with Gasteiger partial charge >= 0.3 is 5.97 Å². The first kappa shape index (κ1) is 13.0. The van der Waals surface area contributed by atoms with Gasteiger partial charge in [-0.15, -0.1) is 0 Å². The number of carbonyl (C=O) groups is 3. The SMILES string of the molecule is O=C(OC1C(=O)c2ccccc2C1=O)C1CCCCC1. The normalized spacial score (nSPS) is 20.0. The number of esters is 1. The van der Waals surface area contributed by atoms with Gasteiger partial charge in [0.2, 0.25) is 17.7 Å². The lowest BCUT2D eigenvalue weighted by Gasteiger charge is -2.21. The van der Waals surface area contributed by atoms with Gasteiger partial charge in [-0.1, -0.05) is 43.5 Å². The first-order chi connectivity index (χ1) is 9.68. The van der Waals surface area contributed by atoms with Crippen molar-refractivity contribution >= 4 is 17.5 Å². The predicted molar refractivity (Wildman–Crippen MR) is 71.6 cm³/mol. The Hall–Kier alpha value is -1.97.